The van der Waals surface area contributed by atoms with Gasteiger partial charge in [-0.05, 0) is 18.6 Å². The van der Waals surface area contributed by atoms with Gasteiger partial charge < -0.3 is 10.6 Å². The molecule has 0 aliphatic carbocycles. The van der Waals surface area contributed by atoms with Crippen molar-refractivity contribution in [2.75, 3.05) is 13.1 Å². The summed E-state index contributed by atoms with van der Waals surface area (Å²) in [6.45, 7) is 2.16. The van der Waals surface area contributed by atoms with Crippen molar-refractivity contribution in [1.82, 2.24) is 10.6 Å². The Bertz CT molecular complexity index is 533. The Morgan fingerprint density at radius 1 is 1.35 bits per heavy atom. The monoisotopic (exact) mass is 299 g/mol. The maximum atomic E-state index is 11.8. The first-order valence-corrected chi connectivity index (χ1v) is 6.33. The number of nitro benzene ring substituents is 1. The summed E-state index contributed by atoms with van der Waals surface area (Å²) in [6, 6.07) is 4.04. The normalized spacial score (nSPS) is 9.90. The molecule has 8 heteroatoms. The van der Waals surface area contributed by atoms with Gasteiger partial charge in [-0.15, -0.1) is 0 Å². The lowest BCUT2D eigenvalue weighted by Crippen LogP contribution is -2.37. The van der Waals surface area contributed by atoms with Crippen LogP contribution in [0, 0.1) is 10.1 Å². The van der Waals surface area contributed by atoms with Crippen LogP contribution < -0.4 is 10.6 Å². The lowest BCUT2D eigenvalue weighted by atomic mass is 10.1. The highest BCUT2D eigenvalue weighted by molar-refractivity contribution is 6.33. The van der Waals surface area contributed by atoms with Gasteiger partial charge in [0.2, 0.25) is 5.91 Å². The van der Waals surface area contributed by atoms with Gasteiger partial charge in [0, 0.05) is 6.54 Å². The highest BCUT2D eigenvalue weighted by atomic mass is 35.5. The van der Waals surface area contributed by atoms with Crippen molar-refractivity contribution in [3.8, 4) is 0 Å². The van der Waals surface area contributed by atoms with Crippen LogP contribution in [0.25, 0.3) is 0 Å². The topological polar surface area (TPSA) is 101 Å². The molecule has 2 N–H and O–H groups in total. The van der Waals surface area contributed by atoms with Crippen LogP contribution in [-0.2, 0) is 4.79 Å². The van der Waals surface area contributed by atoms with Gasteiger partial charge in [-0.2, -0.15) is 0 Å². The molecule has 0 spiro atoms. The van der Waals surface area contributed by atoms with Gasteiger partial charge in [-0.3, -0.25) is 19.7 Å². The summed E-state index contributed by atoms with van der Waals surface area (Å²) in [5.74, 6) is -1.07. The minimum Gasteiger partial charge on any atom is -0.355 e. The van der Waals surface area contributed by atoms with Gasteiger partial charge in [0.15, 0.2) is 0 Å². The molecule has 1 aromatic rings. The average Bonchev–Trinajstić information content (AvgIpc) is 2.41. The molecule has 1 aromatic carbocycles. The zero-order valence-corrected chi connectivity index (χ0v) is 11.6. The third kappa shape index (κ3) is 4.20. The number of carbonyl (C=O) groups excluding carboxylic acids is 2. The molecular weight excluding hydrogens is 286 g/mol. The molecular formula is C12H14ClN3O4. The fourth-order valence-corrected chi connectivity index (χ4v) is 1.71. The molecule has 2 amide bonds. The molecule has 0 aliphatic rings. The first-order valence-electron chi connectivity index (χ1n) is 5.95. The first kappa shape index (κ1) is 15.9. The summed E-state index contributed by atoms with van der Waals surface area (Å²) in [5, 5.41) is 15.7. The lowest BCUT2D eigenvalue weighted by Gasteiger charge is -2.07. The van der Waals surface area contributed by atoms with Crippen LogP contribution in [0.2, 0.25) is 5.02 Å². The summed E-state index contributed by atoms with van der Waals surface area (Å²) in [7, 11) is 0. The molecule has 0 bridgehead atoms. The van der Waals surface area contributed by atoms with E-state index in [-0.39, 0.29) is 23.0 Å². The second-order valence-corrected chi connectivity index (χ2v) is 4.33. The zero-order valence-electron chi connectivity index (χ0n) is 10.8. The molecule has 0 saturated carbocycles. The predicted molar refractivity (Wildman–Crippen MR) is 73.7 cm³/mol. The van der Waals surface area contributed by atoms with Gasteiger partial charge in [-0.1, -0.05) is 24.6 Å². The van der Waals surface area contributed by atoms with Crippen LogP contribution in [-0.4, -0.2) is 29.8 Å². The highest BCUT2D eigenvalue weighted by Gasteiger charge is 2.23. The molecule has 1 rings (SSSR count). The number of carbonyl (C=O) groups is 2. The van der Waals surface area contributed by atoms with Crippen LogP contribution in [0.5, 0.6) is 0 Å². The van der Waals surface area contributed by atoms with Gasteiger partial charge in [0.1, 0.15) is 10.6 Å². The number of rotatable bonds is 6. The van der Waals surface area contributed by atoms with Crippen LogP contribution in [0.3, 0.4) is 0 Å². The molecule has 7 nitrogen and oxygen atoms in total. The van der Waals surface area contributed by atoms with Gasteiger partial charge in [-0.25, -0.2) is 0 Å². The molecule has 0 aromatic heterocycles. The molecule has 0 fully saturated rings. The molecule has 0 atom stereocenters. The van der Waals surface area contributed by atoms with Crippen molar-refractivity contribution in [2.45, 2.75) is 13.3 Å². The van der Waals surface area contributed by atoms with E-state index >= 15 is 0 Å². The maximum Gasteiger partial charge on any atom is 0.300 e. The summed E-state index contributed by atoms with van der Waals surface area (Å²) in [4.78, 5) is 33.3. The Morgan fingerprint density at radius 2 is 2.05 bits per heavy atom. The summed E-state index contributed by atoms with van der Waals surface area (Å²) in [5.41, 5.74) is -0.647. The molecule has 0 unspecified atom stereocenters. The molecule has 0 saturated heterocycles. The van der Waals surface area contributed by atoms with Crippen molar-refractivity contribution < 1.29 is 14.5 Å². The SMILES string of the molecule is CCCNC(=O)CNC(=O)c1cccc(Cl)c1[N+](=O)[O-]. The van der Waals surface area contributed by atoms with E-state index in [0.29, 0.717) is 6.54 Å². The number of hydrogen-bond donors (Lipinski definition) is 2. The number of nitro groups is 1. The number of halogens is 1. The van der Waals surface area contributed by atoms with Crippen molar-refractivity contribution in [1.29, 1.82) is 0 Å². The van der Waals surface area contributed by atoms with Crippen molar-refractivity contribution in [3.05, 3.63) is 38.9 Å². The Labute approximate surface area is 120 Å². The second-order valence-electron chi connectivity index (χ2n) is 3.93. The predicted octanol–water partition coefficient (Wildman–Crippen LogP) is 1.50. The maximum absolute atomic E-state index is 11.8. The largest absolute Gasteiger partial charge is 0.355 e. The minimum atomic E-state index is -0.728. The highest BCUT2D eigenvalue weighted by Crippen LogP contribution is 2.27. The van der Waals surface area contributed by atoms with Crippen molar-refractivity contribution in [2.24, 2.45) is 0 Å². The van der Waals surface area contributed by atoms with Crippen LogP contribution >= 0.6 is 11.6 Å². The number of para-hydroxylation sites is 1. The van der Waals surface area contributed by atoms with Gasteiger partial charge in [0.05, 0.1) is 11.5 Å². The van der Waals surface area contributed by atoms with E-state index in [2.05, 4.69) is 10.6 Å². The Kier molecular flexibility index (Phi) is 5.92. The Morgan fingerprint density at radius 3 is 2.65 bits per heavy atom. The number of benzene rings is 1. The van der Waals surface area contributed by atoms with Crippen LogP contribution in [0.15, 0.2) is 18.2 Å². The third-order valence-corrected chi connectivity index (χ3v) is 2.70. The standard InChI is InChI=1S/C12H14ClN3O4/c1-2-6-14-10(17)7-15-12(18)8-4-3-5-9(13)11(8)16(19)20/h3-5H,2,6-7H2,1H3,(H,14,17)(H,15,18). The van der Waals surface area contributed by atoms with Gasteiger partial charge >= 0.3 is 5.69 Å². The fraction of sp³-hybridized carbons (Fsp3) is 0.333. The number of amides is 2. The van der Waals surface area contributed by atoms with E-state index in [4.69, 9.17) is 11.6 Å². The van der Waals surface area contributed by atoms with E-state index in [9.17, 15) is 19.7 Å². The summed E-state index contributed by atoms with van der Waals surface area (Å²) in [6.07, 6.45) is 0.777. The fourth-order valence-electron chi connectivity index (χ4n) is 1.47. The van der Waals surface area contributed by atoms with E-state index in [1.807, 2.05) is 6.92 Å². The van der Waals surface area contributed by atoms with E-state index in [1.165, 1.54) is 18.2 Å². The minimum absolute atomic E-state index is 0.127. The summed E-state index contributed by atoms with van der Waals surface area (Å²) < 4.78 is 0. The molecule has 0 aliphatic heterocycles. The summed E-state index contributed by atoms with van der Waals surface area (Å²) >= 11 is 5.70. The average molecular weight is 300 g/mol. The second kappa shape index (κ2) is 7.44. The quantitative estimate of drug-likeness (QED) is 0.614. The van der Waals surface area contributed by atoms with Crippen molar-refractivity contribution in [3.63, 3.8) is 0 Å². The smallest absolute Gasteiger partial charge is 0.300 e. The van der Waals surface area contributed by atoms with E-state index < -0.39 is 16.5 Å². The van der Waals surface area contributed by atoms with Crippen LogP contribution in [0.4, 0.5) is 5.69 Å². The molecule has 108 valence electrons. The molecule has 20 heavy (non-hydrogen) atoms. The van der Waals surface area contributed by atoms with Gasteiger partial charge in [0.25, 0.3) is 5.91 Å². The Balaban J connectivity index is 2.76. The first-order chi connectivity index (χ1) is 9.47. The molecule has 0 heterocycles. The van der Waals surface area contributed by atoms with E-state index in [1.54, 1.807) is 0 Å². The third-order valence-electron chi connectivity index (χ3n) is 2.40. The number of hydrogen-bond acceptors (Lipinski definition) is 4. The van der Waals surface area contributed by atoms with E-state index in [0.717, 1.165) is 6.42 Å². The van der Waals surface area contributed by atoms with Crippen molar-refractivity contribution >= 4 is 29.1 Å². The number of nitrogens with one attached hydrogen (secondary N) is 2. The Hall–Kier alpha value is -2.15. The zero-order chi connectivity index (χ0) is 15.1. The van der Waals surface area contributed by atoms with Crippen LogP contribution in [0.1, 0.15) is 23.7 Å². The molecule has 0 radical (unpaired) electrons. The number of nitrogens with zero attached hydrogens (tertiary/aromatic N) is 1. The lowest BCUT2D eigenvalue weighted by molar-refractivity contribution is -0.385.